The van der Waals surface area contributed by atoms with Gasteiger partial charge in [0.05, 0.1) is 16.9 Å². The van der Waals surface area contributed by atoms with Crippen LogP contribution in [0.25, 0.3) is 0 Å². The molecule has 3 rings (SSSR count). The highest BCUT2D eigenvalue weighted by molar-refractivity contribution is 7.16. The summed E-state index contributed by atoms with van der Waals surface area (Å²) in [4.78, 5) is 15.5. The maximum absolute atomic E-state index is 14.1. The smallest absolute Gasteiger partial charge is 0.436 e. The lowest BCUT2D eigenvalue weighted by Crippen LogP contribution is -2.44. The predicted molar refractivity (Wildman–Crippen MR) is 82.3 cm³/mol. The summed E-state index contributed by atoms with van der Waals surface area (Å²) in [6, 6.07) is 1.52. The number of hydrogen-bond donors (Lipinski definition) is 1. The van der Waals surface area contributed by atoms with Crippen molar-refractivity contribution in [2.24, 2.45) is 5.16 Å². The molecule has 0 aliphatic carbocycles. The average Bonchev–Trinajstić information content (AvgIpc) is 3.10. The van der Waals surface area contributed by atoms with Crippen LogP contribution in [-0.2, 0) is 10.4 Å². The molecule has 2 heterocycles. The van der Waals surface area contributed by atoms with E-state index in [2.05, 4.69) is 9.99 Å². The highest BCUT2D eigenvalue weighted by Crippen LogP contribution is 2.50. The van der Waals surface area contributed by atoms with Gasteiger partial charge in [-0.25, -0.2) is 18.0 Å². The Labute approximate surface area is 151 Å². The first-order valence-electron chi connectivity index (χ1n) is 7.27. The molecule has 1 aliphatic heterocycles. The lowest BCUT2D eigenvalue weighted by Gasteiger charge is -2.29. The van der Waals surface area contributed by atoms with Crippen molar-refractivity contribution >= 4 is 23.0 Å². The van der Waals surface area contributed by atoms with Crippen LogP contribution < -0.4 is 0 Å². The second-order valence-electron chi connectivity index (χ2n) is 5.80. The van der Waals surface area contributed by atoms with E-state index < -0.39 is 47.2 Å². The van der Waals surface area contributed by atoms with E-state index in [1.54, 1.807) is 0 Å². The third-order valence-electron chi connectivity index (χ3n) is 3.99. The topological polar surface area (TPSA) is 58.9 Å². The molecule has 2 aromatic rings. The number of carboxylic acid groups (broad SMARTS) is 1. The van der Waals surface area contributed by atoms with Crippen LogP contribution in [0, 0.1) is 24.4 Å². The maximum atomic E-state index is 14.1. The molecular formula is C16H9F6NO3S. The monoisotopic (exact) mass is 409 g/mol. The van der Waals surface area contributed by atoms with Gasteiger partial charge in [0.25, 0.3) is 5.60 Å². The molecule has 1 aromatic carbocycles. The molecule has 0 fully saturated rings. The third kappa shape index (κ3) is 3.05. The minimum atomic E-state index is -5.29. The first kappa shape index (κ1) is 19.2. The quantitative estimate of drug-likeness (QED) is 0.744. The van der Waals surface area contributed by atoms with E-state index in [1.165, 1.54) is 13.0 Å². The summed E-state index contributed by atoms with van der Waals surface area (Å²) < 4.78 is 82.5. The summed E-state index contributed by atoms with van der Waals surface area (Å²) in [5.74, 6) is -6.20. The van der Waals surface area contributed by atoms with Crippen LogP contribution in [0.1, 0.15) is 32.1 Å². The summed E-state index contributed by atoms with van der Waals surface area (Å²) in [7, 11) is 0. The normalized spacial score (nSPS) is 19.7. The average molecular weight is 409 g/mol. The molecule has 11 heteroatoms. The van der Waals surface area contributed by atoms with Crippen molar-refractivity contribution in [3.8, 4) is 0 Å². The van der Waals surface area contributed by atoms with Gasteiger partial charge in [-0.2, -0.15) is 13.2 Å². The number of halogens is 6. The van der Waals surface area contributed by atoms with Gasteiger partial charge in [-0.15, -0.1) is 11.3 Å². The Bertz CT molecular complexity index is 945. The Morgan fingerprint density at radius 3 is 2.30 bits per heavy atom. The summed E-state index contributed by atoms with van der Waals surface area (Å²) in [6.07, 6.45) is -6.39. The predicted octanol–water partition coefficient (Wildman–Crippen LogP) is 4.75. The van der Waals surface area contributed by atoms with Crippen LogP contribution in [0.15, 0.2) is 23.4 Å². The molecule has 144 valence electrons. The zero-order valence-corrected chi connectivity index (χ0v) is 14.1. The summed E-state index contributed by atoms with van der Waals surface area (Å²) in [5, 5.41) is 12.4. The fraction of sp³-hybridized carbons (Fsp3) is 0.250. The zero-order chi connectivity index (χ0) is 20.1. The van der Waals surface area contributed by atoms with Gasteiger partial charge in [-0.3, -0.25) is 0 Å². The molecule has 0 saturated heterocycles. The Hall–Kier alpha value is -2.56. The zero-order valence-electron chi connectivity index (χ0n) is 13.3. The van der Waals surface area contributed by atoms with Gasteiger partial charge in [0.2, 0.25) is 0 Å². The first-order chi connectivity index (χ1) is 12.5. The van der Waals surface area contributed by atoms with E-state index in [4.69, 9.17) is 5.11 Å². The van der Waals surface area contributed by atoms with Crippen molar-refractivity contribution in [2.75, 3.05) is 0 Å². The second-order valence-corrected chi connectivity index (χ2v) is 6.86. The molecular weight excluding hydrogens is 400 g/mol. The molecule has 0 radical (unpaired) electrons. The fourth-order valence-electron chi connectivity index (χ4n) is 2.76. The standard InChI is InChI=1S/C16H9F6NO3S/c1-6-2-11(27-13(6)14(24)25)10-5-15(26-23-10,16(20,21)22)12-8(18)3-7(17)4-9(12)19/h2-4H,5H2,1H3,(H,24,25). The van der Waals surface area contributed by atoms with Crippen LogP contribution in [0.3, 0.4) is 0 Å². The fourth-order valence-corrected chi connectivity index (χ4v) is 3.75. The molecule has 4 nitrogen and oxygen atoms in total. The summed E-state index contributed by atoms with van der Waals surface area (Å²) >= 11 is 0.657. The summed E-state index contributed by atoms with van der Waals surface area (Å²) in [5.41, 5.74) is -5.04. The van der Waals surface area contributed by atoms with Crippen molar-refractivity contribution in [1.29, 1.82) is 0 Å². The largest absolute Gasteiger partial charge is 0.477 e. The Balaban J connectivity index is 2.09. The molecule has 1 aromatic heterocycles. The van der Waals surface area contributed by atoms with Crippen molar-refractivity contribution < 1.29 is 41.1 Å². The Kier molecular flexibility index (Phi) is 4.45. The molecule has 0 saturated carbocycles. The molecule has 1 unspecified atom stereocenters. The lowest BCUT2D eigenvalue weighted by molar-refractivity contribution is -0.277. The second kappa shape index (κ2) is 6.25. The van der Waals surface area contributed by atoms with Gasteiger partial charge < -0.3 is 9.94 Å². The van der Waals surface area contributed by atoms with Crippen molar-refractivity contribution in [2.45, 2.75) is 25.1 Å². The number of hydrogen-bond acceptors (Lipinski definition) is 4. The first-order valence-corrected chi connectivity index (χ1v) is 8.09. The number of aryl methyl sites for hydroxylation is 1. The molecule has 27 heavy (non-hydrogen) atoms. The highest BCUT2D eigenvalue weighted by atomic mass is 32.1. The number of aromatic carboxylic acids is 1. The third-order valence-corrected chi connectivity index (χ3v) is 5.27. The number of nitrogens with zero attached hydrogens (tertiary/aromatic N) is 1. The highest BCUT2D eigenvalue weighted by Gasteiger charge is 2.64. The van der Waals surface area contributed by atoms with Gasteiger partial charge in [0, 0.05) is 12.1 Å². The Morgan fingerprint density at radius 1 is 1.22 bits per heavy atom. The van der Waals surface area contributed by atoms with Crippen LogP contribution in [-0.4, -0.2) is 23.0 Å². The van der Waals surface area contributed by atoms with Gasteiger partial charge in [-0.1, -0.05) is 5.16 Å². The van der Waals surface area contributed by atoms with Gasteiger partial charge >= 0.3 is 12.1 Å². The van der Waals surface area contributed by atoms with Crippen molar-refractivity contribution in [3.05, 3.63) is 56.5 Å². The molecule has 1 N–H and O–H groups in total. The van der Waals surface area contributed by atoms with Crippen molar-refractivity contribution in [1.82, 2.24) is 0 Å². The molecule has 0 bridgehead atoms. The van der Waals surface area contributed by atoms with E-state index in [0.717, 1.165) is 0 Å². The molecule has 0 amide bonds. The Morgan fingerprint density at radius 2 is 1.81 bits per heavy atom. The number of rotatable bonds is 3. The van der Waals surface area contributed by atoms with E-state index in [9.17, 15) is 31.1 Å². The molecule has 0 spiro atoms. The van der Waals surface area contributed by atoms with E-state index in [1.807, 2.05) is 0 Å². The number of carbonyl (C=O) groups is 1. The number of oxime groups is 1. The number of alkyl halides is 3. The van der Waals surface area contributed by atoms with E-state index in [0.29, 0.717) is 11.3 Å². The van der Waals surface area contributed by atoms with Crippen LogP contribution in [0.4, 0.5) is 26.3 Å². The molecule has 1 aliphatic rings. The van der Waals surface area contributed by atoms with Gasteiger partial charge in [-0.05, 0) is 18.6 Å². The lowest BCUT2D eigenvalue weighted by atomic mass is 9.87. The number of carboxylic acids is 1. The van der Waals surface area contributed by atoms with E-state index >= 15 is 0 Å². The van der Waals surface area contributed by atoms with Gasteiger partial charge in [0.15, 0.2) is 0 Å². The number of benzene rings is 1. The minimum absolute atomic E-state index is 0.0546. The van der Waals surface area contributed by atoms with E-state index in [-0.39, 0.29) is 33.2 Å². The van der Waals surface area contributed by atoms with Crippen LogP contribution >= 0.6 is 11.3 Å². The number of thiophene rings is 1. The minimum Gasteiger partial charge on any atom is -0.477 e. The maximum Gasteiger partial charge on any atom is 0.436 e. The summed E-state index contributed by atoms with van der Waals surface area (Å²) in [6.45, 7) is 1.44. The molecule has 1 atom stereocenters. The van der Waals surface area contributed by atoms with Crippen LogP contribution in [0.2, 0.25) is 0 Å². The van der Waals surface area contributed by atoms with Crippen molar-refractivity contribution in [3.63, 3.8) is 0 Å². The van der Waals surface area contributed by atoms with Crippen LogP contribution in [0.5, 0.6) is 0 Å². The van der Waals surface area contributed by atoms with Gasteiger partial charge in [0.1, 0.15) is 28.0 Å². The SMILES string of the molecule is Cc1cc(C2=NOC(c3c(F)cc(F)cc3F)(C(F)(F)F)C2)sc1C(=O)O.